The summed E-state index contributed by atoms with van der Waals surface area (Å²) >= 11 is 12.6. The van der Waals surface area contributed by atoms with Gasteiger partial charge in [-0.3, -0.25) is 10.1 Å². The van der Waals surface area contributed by atoms with Crippen molar-refractivity contribution >= 4 is 39.9 Å². The Morgan fingerprint density at radius 1 is 1.14 bits per heavy atom. The second-order valence-electron chi connectivity index (χ2n) is 9.61. The first-order valence-corrected chi connectivity index (χ1v) is 12.6. The van der Waals surface area contributed by atoms with E-state index in [4.69, 9.17) is 27.9 Å². The largest absolute Gasteiger partial charge is 0.486 e. The number of anilines is 1. The first-order chi connectivity index (χ1) is 17.2. The van der Waals surface area contributed by atoms with Crippen molar-refractivity contribution in [3.63, 3.8) is 0 Å². The number of ether oxygens (including phenoxy) is 1. The Morgan fingerprint density at radius 2 is 1.89 bits per heavy atom. The van der Waals surface area contributed by atoms with E-state index < -0.39 is 0 Å². The van der Waals surface area contributed by atoms with Gasteiger partial charge in [-0.15, -0.1) is 0 Å². The van der Waals surface area contributed by atoms with Gasteiger partial charge in [-0.05, 0) is 51.1 Å². The SMILES string of the molecule is C[C@H](O)CNC1(C)CN(c2ccc(-c3n[nH]c4ccc(O[C@H](C)c5c(Cl)cncc5Cl)cc34)cn2)C1. The quantitative estimate of drug-likeness (QED) is 0.296. The van der Waals surface area contributed by atoms with E-state index in [9.17, 15) is 5.11 Å². The predicted molar refractivity (Wildman–Crippen MR) is 143 cm³/mol. The summed E-state index contributed by atoms with van der Waals surface area (Å²) in [5.41, 5.74) is 3.29. The topological polar surface area (TPSA) is 99.2 Å². The van der Waals surface area contributed by atoms with Crippen molar-refractivity contribution < 1.29 is 9.84 Å². The second kappa shape index (κ2) is 9.86. The van der Waals surface area contributed by atoms with Gasteiger partial charge in [0, 0.05) is 54.7 Å². The molecular formula is C26H28Cl2N6O2. The van der Waals surface area contributed by atoms with Crippen LogP contribution in [0.15, 0.2) is 48.9 Å². The molecule has 4 aromatic rings. The molecule has 1 aliphatic rings. The van der Waals surface area contributed by atoms with Crippen LogP contribution in [-0.2, 0) is 0 Å². The lowest BCUT2D eigenvalue weighted by atomic mass is 9.92. The molecule has 188 valence electrons. The minimum Gasteiger partial charge on any atom is -0.486 e. The number of fused-ring (bicyclic) bond motifs is 1. The van der Waals surface area contributed by atoms with Gasteiger partial charge in [0.05, 0.1) is 27.2 Å². The number of hydrogen-bond donors (Lipinski definition) is 3. The van der Waals surface area contributed by atoms with Crippen LogP contribution in [0.25, 0.3) is 22.2 Å². The summed E-state index contributed by atoms with van der Waals surface area (Å²) in [6, 6.07) is 9.82. The van der Waals surface area contributed by atoms with Crippen molar-refractivity contribution in [3.8, 4) is 17.0 Å². The summed E-state index contributed by atoms with van der Waals surface area (Å²) < 4.78 is 6.17. The smallest absolute Gasteiger partial charge is 0.128 e. The Balaban J connectivity index is 1.32. The zero-order valence-electron chi connectivity index (χ0n) is 20.3. The molecule has 0 bridgehead atoms. The highest BCUT2D eigenvalue weighted by atomic mass is 35.5. The molecule has 4 heterocycles. The molecule has 3 aromatic heterocycles. The maximum Gasteiger partial charge on any atom is 0.128 e. The minimum atomic E-state index is -0.364. The van der Waals surface area contributed by atoms with Crippen LogP contribution in [0.3, 0.4) is 0 Å². The molecule has 0 saturated carbocycles. The third-order valence-corrected chi connectivity index (χ3v) is 7.00. The number of pyridine rings is 2. The highest BCUT2D eigenvalue weighted by Gasteiger charge is 2.39. The molecule has 0 unspecified atom stereocenters. The molecule has 3 N–H and O–H groups in total. The van der Waals surface area contributed by atoms with Crippen molar-refractivity contribution in [3.05, 3.63) is 64.5 Å². The minimum absolute atomic E-state index is 0.0198. The number of aromatic nitrogens is 4. The average Bonchev–Trinajstić information content (AvgIpc) is 3.24. The standard InChI is InChI=1S/C26H28Cl2N6O2/c1-15(35)9-31-26(3)13-34(14-26)23-7-4-17(10-30-23)25-19-8-18(5-6-22(19)32-33-25)36-16(2)24-20(27)11-29-12-21(24)28/h4-8,10-12,15-16,31,35H,9,13-14H2,1-3H3,(H,32,33)/t15-,16+/m0/s1. The van der Waals surface area contributed by atoms with Crippen molar-refractivity contribution in [1.29, 1.82) is 0 Å². The van der Waals surface area contributed by atoms with Crippen LogP contribution >= 0.6 is 23.2 Å². The van der Waals surface area contributed by atoms with Crippen LogP contribution in [-0.4, -0.2) is 56.5 Å². The molecular weight excluding hydrogens is 499 g/mol. The van der Waals surface area contributed by atoms with E-state index >= 15 is 0 Å². The third-order valence-electron chi connectivity index (χ3n) is 6.39. The second-order valence-corrected chi connectivity index (χ2v) is 10.4. The summed E-state index contributed by atoms with van der Waals surface area (Å²) in [6.45, 7) is 8.09. The van der Waals surface area contributed by atoms with E-state index in [2.05, 4.69) is 37.3 Å². The van der Waals surface area contributed by atoms with Gasteiger partial charge in [-0.1, -0.05) is 23.2 Å². The van der Waals surface area contributed by atoms with Crippen LogP contribution in [0.5, 0.6) is 5.75 Å². The number of β-amino-alcohol motifs (C(OH)–C–C–N with tert-alkyl or cyclic N) is 1. The first-order valence-electron chi connectivity index (χ1n) is 11.8. The number of halogens is 2. The number of nitrogens with one attached hydrogen (secondary N) is 2. The summed E-state index contributed by atoms with van der Waals surface area (Å²) in [5.74, 6) is 1.59. The van der Waals surface area contributed by atoms with Gasteiger partial charge in [0.15, 0.2) is 0 Å². The molecule has 0 aliphatic carbocycles. The molecule has 1 aromatic carbocycles. The number of aliphatic hydroxyl groups is 1. The molecule has 2 atom stereocenters. The molecule has 1 saturated heterocycles. The lowest BCUT2D eigenvalue weighted by molar-refractivity contribution is 0.164. The van der Waals surface area contributed by atoms with E-state index in [1.807, 2.05) is 43.5 Å². The molecule has 10 heteroatoms. The molecule has 0 radical (unpaired) electrons. The fourth-order valence-electron chi connectivity index (χ4n) is 4.54. The highest BCUT2D eigenvalue weighted by molar-refractivity contribution is 6.35. The van der Waals surface area contributed by atoms with Gasteiger partial charge in [-0.25, -0.2) is 4.98 Å². The molecule has 36 heavy (non-hydrogen) atoms. The number of H-pyrrole nitrogens is 1. The summed E-state index contributed by atoms with van der Waals surface area (Å²) in [5, 5.41) is 22.4. The van der Waals surface area contributed by atoms with E-state index in [0.717, 1.165) is 41.1 Å². The Bertz CT molecular complexity index is 1350. The maximum absolute atomic E-state index is 9.53. The monoisotopic (exact) mass is 526 g/mol. The highest BCUT2D eigenvalue weighted by Crippen LogP contribution is 2.35. The first kappa shape index (κ1) is 24.8. The van der Waals surface area contributed by atoms with Crippen LogP contribution in [0.4, 0.5) is 5.82 Å². The molecule has 1 fully saturated rings. The fraction of sp³-hybridized carbons (Fsp3) is 0.346. The van der Waals surface area contributed by atoms with Gasteiger partial charge < -0.3 is 20.1 Å². The summed E-state index contributed by atoms with van der Waals surface area (Å²) in [6.07, 6.45) is 4.24. The zero-order chi connectivity index (χ0) is 25.4. The molecule has 0 spiro atoms. The van der Waals surface area contributed by atoms with Gasteiger partial charge in [0.2, 0.25) is 0 Å². The Kier molecular flexibility index (Phi) is 6.78. The van der Waals surface area contributed by atoms with Gasteiger partial charge in [0.25, 0.3) is 0 Å². The van der Waals surface area contributed by atoms with Crippen molar-refractivity contribution in [2.75, 3.05) is 24.5 Å². The Morgan fingerprint density at radius 3 is 2.56 bits per heavy atom. The number of nitrogens with zero attached hydrogens (tertiary/aromatic N) is 4. The number of aliphatic hydroxyl groups excluding tert-OH is 1. The lowest BCUT2D eigenvalue weighted by Gasteiger charge is -2.49. The lowest BCUT2D eigenvalue weighted by Crippen LogP contribution is -2.68. The van der Waals surface area contributed by atoms with E-state index in [1.54, 1.807) is 19.3 Å². The number of benzene rings is 1. The van der Waals surface area contributed by atoms with Crippen LogP contribution in [0.2, 0.25) is 10.0 Å². The molecule has 0 amide bonds. The molecule has 5 rings (SSSR count). The number of aromatic amines is 1. The van der Waals surface area contributed by atoms with E-state index in [-0.39, 0.29) is 17.7 Å². The summed E-state index contributed by atoms with van der Waals surface area (Å²) in [4.78, 5) is 10.9. The van der Waals surface area contributed by atoms with Gasteiger partial charge in [-0.2, -0.15) is 5.10 Å². The number of hydrogen-bond acceptors (Lipinski definition) is 7. The maximum atomic E-state index is 9.53. The zero-order valence-corrected chi connectivity index (χ0v) is 21.8. The Labute approximate surface area is 219 Å². The van der Waals surface area contributed by atoms with Crippen molar-refractivity contribution in [2.24, 2.45) is 0 Å². The molecule has 1 aliphatic heterocycles. The van der Waals surface area contributed by atoms with Crippen molar-refractivity contribution in [2.45, 2.75) is 38.5 Å². The average molecular weight is 527 g/mol. The van der Waals surface area contributed by atoms with Gasteiger partial charge >= 0.3 is 0 Å². The van der Waals surface area contributed by atoms with Crippen LogP contribution < -0.4 is 15.0 Å². The van der Waals surface area contributed by atoms with Gasteiger partial charge in [0.1, 0.15) is 23.4 Å². The third kappa shape index (κ3) is 4.99. The van der Waals surface area contributed by atoms with Crippen molar-refractivity contribution in [1.82, 2.24) is 25.5 Å². The van der Waals surface area contributed by atoms with E-state index in [0.29, 0.717) is 27.9 Å². The number of rotatable bonds is 8. The normalized spacial score (nSPS) is 16.6. The van der Waals surface area contributed by atoms with E-state index in [1.165, 1.54) is 0 Å². The van der Waals surface area contributed by atoms with Crippen LogP contribution in [0, 0.1) is 0 Å². The summed E-state index contributed by atoms with van der Waals surface area (Å²) in [7, 11) is 0. The fourth-order valence-corrected chi connectivity index (χ4v) is 5.21. The Hall–Kier alpha value is -2.91. The molecule has 8 nitrogen and oxygen atoms in total. The predicted octanol–water partition coefficient (Wildman–Crippen LogP) is 5.02. The van der Waals surface area contributed by atoms with Crippen LogP contribution in [0.1, 0.15) is 32.4 Å².